The zero-order valence-electron chi connectivity index (χ0n) is 8.28. The highest BCUT2D eigenvalue weighted by Crippen LogP contribution is 2.08. The Kier molecular flexibility index (Phi) is 4.03. The summed E-state index contributed by atoms with van der Waals surface area (Å²) in [4.78, 5) is 14.8. The first-order valence-electron chi connectivity index (χ1n) is 4.47. The molecule has 0 aliphatic carbocycles. The van der Waals surface area contributed by atoms with Gasteiger partial charge < -0.3 is 10.4 Å². The van der Waals surface area contributed by atoms with Crippen LogP contribution in [0.5, 0.6) is 0 Å². The Bertz CT molecular complexity index is 312. The number of nitrogens with zero attached hydrogens (tertiary/aromatic N) is 1. The molecule has 1 aromatic rings. The van der Waals surface area contributed by atoms with E-state index in [9.17, 15) is 4.79 Å². The average Bonchev–Trinajstić information content (AvgIpc) is 2.51. The van der Waals surface area contributed by atoms with Crippen LogP contribution in [0, 0.1) is 6.92 Å². The monoisotopic (exact) mass is 214 g/mol. The standard InChI is InChI=1S/C9H14N2O2S/c1-6-5-14-8(11-6)3-4-10-7(2)9(12)13/h5,7,10H,3-4H2,1-2H3,(H,12,13). The number of hydrogen-bond acceptors (Lipinski definition) is 4. The number of thiazole rings is 1. The second-order valence-corrected chi connectivity index (χ2v) is 4.09. The lowest BCUT2D eigenvalue weighted by molar-refractivity contribution is -0.138. The van der Waals surface area contributed by atoms with Gasteiger partial charge in [-0.2, -0.15) is 0 Å². The molecule has 0 aliphatic rings. The van der Waals surface area contributed by atoms with Crippen molar-refractivity contribution < 1.29 is 9.90 Å². The van der Waals surface area contributed by atoms with E-state index in [1.165, 1.54) is 0 Å². The van der Waals surface area contributed by atoms with Crippen molar-refractivity contribution >= 4 is 17.3 Å². The van der Waals surface area contributed by atoms with Crippen LogP contribution in [0.3, 0.4) is 0 Å². The molecule has 0 saturated carbocycles. The van der Waals surface area contributed by atoms with Crippen LogP contribution in [-0.2, 0) is 11.2 Å². The number of carboxylic acid groups (broad SMARTS) is 1. The van der Waals surface area contributed by atoms with Gasteiger partial charge in [-0.25, -0.2) is 4.98 Å². The van der Waals surface area contributed by atoms with Gasteiger partial charge in [0.15, 0.2) is 0 Å². The highest BCUT2D eigenvalue weighted by molar-refractivity contribution is 7.09. The fourth-order valence-electron chi connectivity index (χ4n) is 1.00. The van der Waals surface area contributed by atoms with Crippen molar-refractivity contribution in [3.8, 4) is 0 Å². The van der Waals surface area contributed by atoms with Gasteiger partial charge in [-0.05, 0) is 13.8 Å². The minimum atomic E-state index is -0.819. The van der Waals surface area contributed by atoms with Crippen LogP contribution < -0.4 is 5.32 Å². The molecule has 2 N–H and O–H groups in total. The van der Waals surface area contributed by atoms with Crippen molar-refractivity contribution in [3.63, 3.8) is 0 Å². The second-order valence-electron chi connectivity index (χ2n) is 3.15. The van der Waals surface area contributed by atoms with Gasteiger partial charge >= 0.3 is 5.97 Å². The summed E-state index contributed by atoms with van der Waals surface area (Å²) in [6.45, 7) is 4.24. The number of hydrogen-bond donors (Lipinski definition) is 2. The van der Waals surface area contributed by atoms with Crippen molar-refractivity contribution in [2.24, 2.45) is 0 Å². The van der Waals surface area contributed by atoms with E-state index in [0.29, 0.717) is 6.54 Å². The quantitative estimate of drug-likeness (QED) is 0.769. The van der Waals surface area contributed by atoms with Crippen molar-refractivity contribution in [3.05, 3.63) is 16.1 Å². The Morgan fingerprint density at radius 3 is 3.00 bits per heavy atom. The Balaban J connectivity index is 2.25. The van der Waals surface area contributed by atoms with Gasteiger partial charge in [-0.3, -0.25) is 4.79 Å². The van der Waals surface area contributed by atoms with Crippen LogP contribution in [-0.4, -0.2) is 28.6 Å². The zero-order valence-corrected chi connectivity index (χ0v) is 9.10. The molecule has 0 fully saturated rings. The summed E-state index contributed by atoms with van der Waals surface area (Å²) in [6, 6.07) is -0.490. The van der Waals surface area contributed by atoms with E-state index in [-0.39, 0.29) is 0 Å². The Hall–Kier alpha value is -0.940. The normalized spacial score (nSPS) is 12.7. The lowest BCUT2D eigenvalue weighted by Gasteiger charge is -2.06. The first-order chi connectivity index (χ1) is 6.59. The number of aliphatic carboxylic acids is 1. The highest BCUT2D eigenvalue weighted by Gasteiger charge is 2.09. The first-order valence-corrected chi connectivity index (χ1v) is 5.34. The zero-order chi connectivity index (χ0) is 10.6. The predicted octanol–water partition coefficient (Wildman–Crippen LogP) is 1.06. The molecule has 0 saturated heterocycles. The van der Waals surface area contributed by atoms with Crippen LogP contribution in [0.1, 0.15) is 17.6 Å². The van der Waals surface area contributed by atoms with Crippen LogP contribution in [0.15, 0.2) is 5.38 Å². The van der Waals surface area contributed by atoms with Gasteiger partial charge in [0, 0.05) is 24.0 Å². The molecule has 0 bridgehead atoms. The molecule has 1 unspecified atom stereocenters. The Labute approximate surface area is 87.0 Å². The van der Waals surface area contributed by atoms with Crippen LogP contribution in [0.25, 0.3) is 0 Å². The third kappa shape index (κ3) is 3.43. The summed E-state index contributed by atoms with van der Waals surface area (Å²) < 4.78 is 0. The van der Waals surface area contributed by atoms with Crippen LogP contribution >= 0.6 is 11.3 Å². The molecule has 1 heterocycles. The number of nitrogens with one attached hydrogen (secondary N) is 1. The third-order valence-electron chi connectivity index (χ3n) is 1.83. The summed E-state index contributed by atoms with van der Waals surface area (Å²) in [5.74, 6) is -0.819. The molecule has 0 aliphatic heterocycles. The van der Waals surface area contributed by atoms with Crippen molar-refractivity contribution in [1.82, 2.24) is 10.3 Å². The molecule has 4 nitrogen and oxygen atoms in total. The molecule has 1 atom stereocenters. The van der Waals surface area contributed by atoms with Crippen LogP contribution in [0.4, 0.5) is 0 Å². The number of carboxylic acids is 1. The second kappa shape index (κ2) is 5.07. The largest absolute Gasteiger partial charge is 0.480 e. The maximum absolute atomic E-state index is 10.5. The molecule has 1 aromatic heterocycles. The molecule has 1 rings (SSSR count). The van der Waals surface area contributed by atoms with Crippen molar-refractivity contribution in [1.29, 1.82) is 0 Å². The van der Waals surface area contributed by atoms with E-state index in [4.69, 9.17) is 5.11 Å². The van der Waals surface area contributed by atoms with E-state index in [1.807, 2.05) is 12.3 Å². The SMILES string of the molecule is Cc1csc(CCNC(C)C(=O)O)n1. The van der Waals surface area contributed by atoms with E-state index < -0.39 is 12.0 Å². The van der Waals surface area contributed by atoms with E-state index >= 15 is 0 Å². The molecule has 78 valence electrons. The molecule has 5 heteroatoms. The van der Waals surface area contributed by atoms with Gasteiger partial charge in [0.25, 0.3) is 0 Å². The van der Waals surface area contributed by atoms with Crippen molar-refractivity contribution in [2.45, 2.75) is 26.3 Å². The molecule has 0 aromatic carbocycles. The van der Waals surface area contributed by atoms with E-state index in [1.54, 1.807) is 18.3 Å². The minimum Gasteiger partial charge on any atom is -0.480 e. The lowest BCUT2D eigenvalue weighted by atomic mass is 10.3. The first kappa shape index (κ1) is 11.1. The lowest BCUT2D eigenvalue weighted by Crippen LogP contribution is -2.34. The fourth-order valence-corrected chi connectivity index (χ4v) is 1.78. The highest BCUT2D eigenvalue weighted by atomic mass is 32.1. The Morgan fingerprint density at radius 1 is 1.79 bits per heavy atom. The number of aryl methyl sites for hydroxylation is 1. The molecule has 14 heavy (non-hydrogen) atoms. The Morgan fingerprint density at radius 2 is 2.50 bits per heavy atom. The van der Waals surface area contributed by atoms with E-state index in [2.05, 4.69) is 10.3 Å². The van der Waals surface area contributed by atoms with Gasteiger partial charge in [0.1, 0.15) is 6.04 Å². The minimum absolute atomic E-state index is 0.490. The van der Waals surface area contributed by atoms with Crippen molar-refractivity contribution in [2.75, 3.05) is 6.54 Å². The number of aromatic nitrogens is 1. The molecule has 0 spiro atoms. The van der Waals surface area contributed by atoms with Gasteiger partial charge in [-0.1, -0.05) is 0 Å². The number of rotatable bonds is 5. The maximum Gasteiger partial charge on any atom is 0.320 e. The molecule has 0 amide bonds. The summed E-state index contributed by atoms with van der Waals surface area (Å²) >= 11 is 1.61. The van der Waals surface area contributed by atoms with Gasteiger partial charge in [0.05, 0.1) is 5.01 Å². The molecular weight excluding hydrogens is 200 g/mol. The van der Waals surface area contributed by atoms with Crippen LogP contribution in [0.2, 0.25) is 0 Å². The average molecular weight is 214 g/mol. The molecular formula is C9H14N2O2S. The third-order valence-corrected chi connectivity index (χ3v) is 2.85. The topological polar surface area (TPSA) is 62.2 Å². The predicted molar refractivity (Wildman–Crippen MR) is 55.7 cm³/mol. The smallest absolute Gasteiger partial charge is 0.320 e. The molecule has 0 radical (unpaired) electrons. The van der Waals surface area contributed by atoms with Gasteiger partial charge in [0.2, 0.25) is 0 Å². The maximum atomic E-state index is 10.5. The summed E-state index contributed by atoms with van der Waals surface area (Å²) in [5.41, 5.74) is 1.02. The van der Waals surface area contributed by atoms with E-state index in [0.717, 1.165) is 17.1 Å². The number of carbonyl (C=O) groups is 1. The fraction of sp³-hybridized carbons (Fsp3) is 0.556. The summed E-state index contributed by atoms with van der Waals surface area (Å²) in [5, 5.41) is 14.6. The summed E-state index contributed by atoms with van der Waals surface area (Å²) in [6.07, 6.45) is 0.788. The van der Waals surface area contributed by atoms with Gasteiger partial charge in [-0.15, -0.1) is 11.3 Å². The summed E-state index contributed by atoms with van der Waals surface area (Å²) in [7, 11) is 0.